The quantitative estimate of drug-likeness (QED) is 0.898. The zero-order valence-corrected chi connectivity index (χ0v) is 11.3. The number of Topliss-reactive ketones (excluding diaryl/α,β-unsaturated/α-hetero) is 1. The normalized spacial score (nSPS) is 31.7. The van der Waals surface area contributed by atoms with Crippen LogP contribution in [0, 0.1) is 5.92 Å². The number of carbonyl (C=O) groups is 1. The minimum Gasteiger partial charge on any atom is -0.310 e. The average Bonchev–Trinajstić information content (AvgIpc) is 3.13. The molecule has 2 aliphatic heterocycles. The van der Waals surface area contributed by atoms with Crippen LogP contribution in [-0.4, -0.2) is 17.9 Å². The van der Waals surface area contributed by atoms with Gasteiger partial charge in [0.2, 0.25) is 0 Å². The monoisotopic (exact) mass is 255 g/mol. The molecule has 2 heteroatoms. The number of benzene rings is 1. The van der Waals surface area contributed by atoms with Crippen molar-refractivity contribution >= 4 is 5.78 Å². The predicted octanol–water partition coefficient (Wildman–Crippen LogP) is 2.43. The van der Waals surface area contributed by atoms with Crippen molar-refractivity contribution < 1.29 is 4.79 Å². The van der Waals surface area contributed by atoms with E-state index in [1.807, 2.05) is 0 Å². The Morgan fingerprint density at radius 2 is 2.11 bits per heavy atom. The maximum absolute atomic E-state index is 12.5. The lowest BCUT2D eigenvalue weighted by molar-refractivity contribution is -0.122. The standard InChI is InChI=1S/C17H21NO/c19-17(15-10-14-6-7-16(15)18-14)9-11-4-5-12-2-1-3-13(12)8-11/h4-5,8,14-16,18H,1-3,6-7,9-10H2. The zero-order valence-electron chi connectivity index (χ0n) is 11.3. The van der Waals surface area contributed by atoms with Crippen molar-refractivity contribution in [2.45, 2.75) is 57.0 Å². The molecule has 3 unspecified atom stereocenters. The Bertz CT molecular complexity index is 522. The molecule has 19 heavy (non-hydrogen) atoms. The van der Waals surface area contributed by atoms with Gasteiger partial charge in [0.25, 0.3) is 0 Å². The first kappa shape index (κ1) is 11.7. The van der Waals surface area contributed by atoms with Gasteiger partial charge in [-0.2, -0.15) is 0 Å². The van der Waals surface area contributed by atoms with E-state index in [0.717, 1.165) is 6.42 Å². The maximum Gasteiger partial charge on any atom is 0.141 e. The minimum absolute atomic E-state index is 0.284. The van der Waals surface area contributed by atoms with Gasteiger partial charge in [-0.3, -0.25) is 4.79 Å². The van der Waals surface area contributed by atoms with E-state index >= 15 is 0 Å². The fourth-order valence-corrected chi connectivity index (χ4v) is 4.25. The molecule has 1 N–H and O–H groups in total. The van der Waals surface area contributed by atoms with E-state index in [4.69, 9.17) is 0 Å². The largest absolute Gasteiger partial charge is 0.310 e. The summed E-state index contributed by atoms with van der Waals surface area (Å²) in [4.78, 5) is 12.5. The number of carbonyl (C=O) groups excluding carboxylic acids is 1. The van der Waals surface area contributed by atoms with Gasteiger partial charge < -0.3 is 5.32 Å². The molecule has 1 aromatic carbocycles. The highest BCUT2D eigenvalue weighted by atomic mass is 16.1. The fourth-order valence-electron chi connectivity index (χ4n) is 4.25. The van der Waals surface area contributed by atoms with Crippen LogP contribution < -0.4 is 5.32 Å². The molecule has 2 nitrogen and oxygen atoms in total. The minimum atomic E-state index is 0.284. The molecular formula is C17H21NO. The molecule has 1 aromatic rings. The van der Waals surface area contributed by atoms with Crippen LogP contribution in [0.5, 0.6) is 0 Å². The van der Waals surface area contributed by atoms with E-state index in [9.17, 15) is 4.79 Å². The Labute approximate surface area is 114 Å². The second kappa shape index (κ2) is 4.45. The van der Waals surface area contributed by atoms with Crippen LogP contribution >= 0.6 is 0 Å². The lowest BCUT2D eigenvalue weighted by Gasteiger charge is -2.18. The number of hydrogen-bond acceptors (Lipinski definition) is 2. The summed E-state index contributed by atoms with van der Waals surface area (Å²) in [6, 6.07) is 7.79. The molecule has 3 atom stereocenters. The summed E-state index contributed by atoms with van der Waals surface area (Å²) in [6.07, 6.45) is 7.89. The summed E-state index contributed by atoms with van der Waals surface area (Å²) in [5, 5.41) is 3.57. The third-order valence-corrected chi connectivity index (χ3v) is 5.25. The van der Waals surface area contributed by atoms with Crippen molar-refractivity contribution in [3.63, 3.8) is 0 Å². The van der Waals surface area contributed by atoms with Gasteiger partial charge in [0, 0.05) is 24.4 Å². The Kier molecular flexibility index (Phi) is 2.73. The molecule has 3 aliphatic rings. The highest BCUT2D eigenvalue weighted by Gasteiger charge is 2.42. The van der Waals surface area contributed by atoms with Gasteiger partial charge >= 0.3 is 0 Å². The Balaban J connectivity index is 1.48. The molecule has 2 heterocycles. The predicted molar refractivity (Wildman–Crippen MR) is 75.2 cm³/mol. The summed E-state index contributed by atoms with van der Waals surface area (Å²) < 4.78 is 0. The first-order valence-electron chi connectivity index (χ1n) is 7.69. The molecule has 1 aliphatic carbocycles. The molecule has 100 valence electrons. The van der Waals surface area contributed by atoms with Crippen LogP contribution in [-0.2, 0) is 24.1 Å². The van der Waals surface area contributed by atoms with Gasteiger partial charge in [0.15, 0.2) is 0 Å². The fraction of sp³-hybridized carbons (Fsp3) is 0.588. The molecular weight excluding hydrogens is 234 g/mol. The van der Waals surface area contributed by atoms with Crippen molar-refractivity contribution in [1.82, 2.24) is 5.32 Å². The maximum atomic E-state index is 12.5. The number of rotatable bonds is 3. The van der Waals surface area contributed by atoms with Crippen molar-refractivity contribution in [3.8, 4) is 0 Å². The van der Waals surface area contributed by atoms with Gasteiger partial charge in [-0.25, -0.2) is 0 Å². The Morgan fingerprint density at radius 1 is 1.21 bits per heavy atom. The summed E-state index contributed by atoms with van der Waals surface area (Å²) in [7, 11) is 0. The summed E-state index contributed by atoms with van der Waals surface area (Å²) in [6.45, 7) is 0. The second-order valence-corrected chi connectivity index (χ2v) is 6.49. The number of nitrogens with one attached hydrogen (secondary N) is 1. The first-order chi connectivity index (χ1) is 9.29. The van der Waals surface area contributed by atoms with E-state index in [-0.39, 0.29) is 5.92 Å². The van der Waals surface area contributed by atoms with Crippen LogP contribution in [0.15, 0.2) is 18.2 Å². The topological polar surface area (TPSA) is 29.1 Å². The van der Waals surface area contributed by atoms with E-state index in [2.05, 4.69) is 23.5 Å². The molecule has 0 aromatic heterocycles. The van der Waals surface area contributed by atoms with Crippen LogP contribution in [0.25, 0.3) is 0 Å². The third-order valence-electron chi connectivity index (χ3n) is 5.25. The highest BCUT2D eigenvalue weighted by Crippen LogP contribution is 2.34. The van der Waals surface area contributed by atoms with E-state index in [1.54, 1.807) is 0 Å². The lowest BCUT2D eigenvalue weighted by Crippen LogP contribution is -2.29. The number of fused-ring (bicyclic) bond motifs is 3. The highest BCUT2D eigenvalue weighted by molar-refractivity contribution is 5.84. The zero-order chi connectivity index (χ0) is 12.8. The first-order valence-corrected chi connectivity index (χ1v) is 7.69. The smallest absolute Gasteiger partial charge is 0.141 e. The molecule has 2 saturated heterocycles. The van der Waals surface area contributed by atoms with E-state index in [1.165, 1.54) is 48.8 Å². The molecule has 4 rings (SSSR count). The molecule has 2 bridgehead atoms. The SMILES string of the molecule is O=C(Cc1ccc2c(c1)CCC2)C1CC2CCC1N2. The van der Waals surface area contributed by atoms with Gasteiger partial charge in [-0.15, -0.1) is 0 Å². The third kappa shape index (κ3) is 2.02. The number of hydrogen-bond donors (Lipinski definition) is 1. The van der Waals surface area contributed by atoms with Crippen LogP contribution in [0.1, 0.15) is 42.4 Å². The Hall–Kier alpha value is -1.15. The van der Waals surface area contributed by atoms with Gasteiger partial charge in [-0.05, 0) is 55.2 Å². The van der Waals surface area contributed by atoms with Crippen LogP contribution in [0.2, 0.25) is 0 Å². The van der Waals surface area contributed by atoms with Crippen LogP contribution in [0.4, 0.5) is 0 Å². The molecule has 0 saturated carbocycles. The molecule has 0 amide bonds. The Morgan fingerprint density at radius 3 is 2.89 bits per heavy atom. The van der Waals surface area contributed by atoms with Crippen LogP contribution in [0.3, 0.4) is 0 Å². The van der Waals surface area contributed by atoms with E-state index < -0.39 is 0 Å². The number of aryl methyl sites for hydroxylation is 2. The van der Waals surface area contributed by atoms with Gasteiger partial charge in [0.05, 0.1) is 0 Å². The van der Waals surface area contributed by atoms with Crippen molar-refractivity contribution in [1.29, 1.82) is 0 Å². The van der Waals surface area contributed by atoms with Gasteiger partial charge in [-0.1, -0.05) is 18.2 Å². The molecule has 2 fully saturated rings. The van der Waals surface area contributed by atoms with Gasteiger partial charge in [0.1, 0.15) is 5.78 Å². The van der Waals surface area contributed by atoms with Crippen molar-refractivity contribution in [2.75, 3.05) is 0 Å². The van der Waals surface area contributed by atoms with Crippen molar-refractivity contribution in [2.24, 2.45) is 5.92 Å². The summed E-state index contributed by atoms with van der Waals surface area (Å²) in [5.74, 6) is 0.740. The van der Waals surface area contributed by atoms with E-state index in [0.29, 0.717) is 24.3 Å². The molecule has 0 radical (unpaired) electrons. The van der Waals surface area contributed by atoms with Crippen molar-refractivity contribution in [3.05, 3.63) is 34.9 Å². The second-order valence-electron chi connectivity index (χ2n) is 6.49. The summed E-state index contributed by atoms with van der Waals surface area (Å²) >= 11 is 0. The average molecular weight is 255 g/mol. The number of ketones is 1. The lowest BCUT2D eigenvalue weighted by atomic mass is 9.84. The molecule has 0 spiro atoms. The summed E-state index contributed by atoms with van der Waals surface area (Å²) in [5.41, 5.74) is 4.21.